The molecule has 0 fully saturated rings. The zero-order chi connectivity index (χ0) is 16.8. The number of aryl methyl sites for hydroxylation is 1. The molecule has 124 valence electrons. The van der Waals surface area contributed by atoms with E-state index < -0.39 is 0 Å². The van der Waals surface area contributed by atoms with Gasteiger partial charge in [-0.2, -0.15) is 5.10 Å². The summed E-state index contributed by atoms with van der Waals surface area (Å²) in [6.45, 7) is 1.43. The fraction of sp³-hybridized carbons (Fsp3) is 0.263. The lowest BCUT2D eigenvalue weighted by Crippen LogP contribution is -2.26. The summed E-state index contributed by atoms with van der Waals surface area (Å²) in [5, 5.41) is 8.49. The Kier molecular flexibility index (Phi) is 5.11. The van der Waals surface area contributed by atoms with Gasteiger partial charge in [0.1, 0.15) is 5.75 Å². The predicted molar refractivity (Wildman–Crippen MR) is 94.1 cm³/mol. The SMILES string of the molecule is COc1ccc(CC(=O)NCCCn2ncc3ccccc32)cc1. The van der Waals surface area contributed by atoms with E-state index in [1.165, 1.54) is 0 Å². The molecule has 0 atom stereocenters. The van der Waals surface area contributed by atoms with Crippen LogP contribution in [-0.2, 0) is 17.8 Å². The van der Waals surface area contributed by atoms with Gasteiger partial charge in [0.25, 0.3) is 0 Å². The second kappa shape index (κ2) is 7.64. The molecule has 1 N–H and O–H groups in total. The maximum Gasteiger partial charge on any atom is 0.224 e. The first-order valence-corrected chi connectivity index (χ1v) is 8.06. The molecule has 0 radical (unpaired) electrons. The third-order valence-electron chi connectivity index (χ3n) is 3.94. The van der Waals surface area contributed by atoms with Crippen molar-refractivity contribution < 1.29 is 9.53 Å². The molecule has 24 heavy (non-hydrogen) atoms. The van der Waals surface area contributed by atoms with Gasteiger partial charge < -0.3 is 10.1 Å². The largest absolute Gasteiger partial charge is 0.497 e. The van der Waals surface area contributed by atoms with Gasteiger partial charge in [0.05, 0.1) is 25.2 Å². The Labute approximate surface area is 141 Å². The summed E-state index contributed by atoms with van der Waals surface area (Å²) in [5.74, 6) is 0.830. The lowest BCUT2D eigenvalue weighted by molar-refractivity contribution is -0.120. The van der Waals surface area contributed by atoms with Crippen LogP contribution in [-0.4, -0.2) is 29.3 Å². The minimum atomic E-state index is 0.0329. The Balaban J connectivity index is 1.43. The summed E-state index contributed by atoms with van der Waals surface area (Å²) < 4.78 is 7.09. The van der Waals surface area contributed by atoms with Crippen LogP contribution in [0.5, 0.6) is 5.75 Å². The second-order valence-electron chi connectivity index (χ2n) is 5.65. The van der Waals surface area contributed by atoms with Crippen molar-refractivity contribution in [1.29, 1.82) is 0 Å². The molecule has 0 spiro atoms. The molecule has 0 saturated carbocycles. The smallest absolute Gasteiger partial charge is 0.224 e. The maximum atomic E-state index is 12.0. The number of hydrogen-bond donors (Lipinski definition) is 1. The Bertz CT molecular complexity index is 809. The summed E-state index contributed by atoms with van der Waals surface area (Å²) in [6.07, 6.45) is 3.10. The van der Waals surface area contributed by atoms with E-state index in [1.807, 2.05) is 47.3 Å². The molecular formula is C19H21N3O2. The zero-order valence-electron chi connectivity index (χ0n) is 13.7. The van der Waals surface area contributed by atoms with E-state index in [-0.39, 0.29) is 5.91 Å². The minimum absolute atomic E-state index is 0.0329. The summed E-state index contributed by atoms with van der Waals surface area (Å²) in [6, 6.07) is 15.7. The Morgan fingerprint density at radius 1 is 1.17 bits per heavy atom. The third kappa shape index (κ3) is 3.93. The zero-order valence-corrected chi connectivity index (χ0v) is 13.7. The Morgan fingerprint density at radius 2 is 1.96 bits per heavy atom. The number of benzene rings is 2. The molecule has 0 saturated heterocycles. The number of carbonyl (C=O) groups is 1. The maximum absolute atomic E-state index is 12.0. The molecule has 3 rings (SSSR count). The van der Waals surface area contributed by atoms with Gasteiger partial charge in [-0.3, -0.25) is 9.48 Å². The lowest BCUT2D eigenvalue weighted by atomic mass is 10.1. The first kappa shape index (κ1) is 16.1. The Hall–Kier alpha value is -2.82. The van der Waals surface area contributed by atoms with Crippen LogP contribution in [0.1, 0.15) is 12.0 Å². The van der Waals surface area contributed by atoms with Gasteiger partial charge in [-0.15, -0.1) is 0 Å². The molecule has 0 aliphatic rings. The van der Waals surface area contributed by atoms with Crippen molar-refractivity contribution in [2.75, 3.05) is 13.7 Å². The molecule has 2 aromatic carbocycles. The number of aromatic nitrogens is 2. The van der Waals surface area contributed by atoms with Crippen LogP contribution >= 0.6 is 0 Å². The number of amides is 1. The van der Waals surface area contributed by atoms with Crippen LogP contribution in [0.25, 0.3) is 10.9 Å². The standard InChI is InChI=1S/C19H21N3O2/c1-24-17-9-7-15(8-10-17)13-19(23)20-11-4-12-22-18-6-3-2-5-16(18)14-21-22/h2-3,5-10,14H,4,11-13H2,1H3,(H,20,23). The van der Waals surface area contributed by atoms with Crippen LogP contribution in [0.4, 0.5) is 0 Å². The van der Waals surface area contributed by atoms with Crippen LogP contribution in [0.15, 0.2) is 54.7 Å². The topological polar surface area (TPSA) is 56.1 Å². The van der Waals surface area contributed by atoms with Crippen LogP contribution in [0, 0.1) is 0 Å². The number of nitrogens with one attached hydrogen (secondary N) is 1. The number of ether oxygens (including phenoxy) is 1. The van der Waals surface area contributed by atoms with Gasteiger partial charge in [0.2, 0.25) is 5.91 Å². The van der Waals surface area contributed by atoms with Crippen LogP contribution in [0.2, 0.25) is 0 Å². The second-order valence-corrected chi connectivity index (χ2v) is 5.65. The molecule has 3 aromatic rings. The van der Waals surface area contributed by atoms with Gasteiger partial charge in [0, 0.05) is 18.5 Å². The molecular weight excluding hydrogens is 302 g/mol. The number of rotatable bonds is 7. The average Bonchev–Trinajstić information content (AvgIpc) is 3.03. The molecule has 0 unspecified atom stereocenters. The van der Waals surface area contributed by atoms with Crippen molar-refractivity contribution in [2.45, 2.75) is 19.4 Å². The van der Waals surface area contributed by atoms with E-state index in [0.717, 1.165) is 35.2 Å². The van der Waals surface area contributed by atoms with Gasteiger partial charge in [-0.25, -0.2) is 0 Å². The van der Waals surface area contributed by atoms with E-state index in [0.29, 0.717) is 13.0 Å². The number of para-hydroxylation sites is 1. The summed E-state index contributed by atoms with van der Waals surface area (Å²) >= 11 is 0. The molecule has 1 aromatic heterocycles. The van der Waals surface area contributed by atoms with Crippen molar-refractivity contribution in [2.24, 2.45) is 0 Å². The highest BCUT2D eigenvalue weighted by Crippen LogP contribution is 2.13. The number of methoxy groups -OCH3 is 1. The van der Waals surface area contributed by atoms with E-state index in [1.54, 1.807) is 7.11 Å². The van der Waals surface area contributed by atoms with Crippen LogP contribution < -0.4 is 10.1 Å². The van der Waals surface area contributed by atoms with E-state index in [2.05, 4.69) is 22.5 Å². The number of hydrogen-bond acceptors (Lipinski definition) is 3. The first-order chi connectivity index (χ1) is 11.8. The number of nitrogens with zero attached hydrogens (tertiary/aromatic N) is 2. The molecule has 0 aliphatic carbocycles. The third-order valence-corrected chi connectivity index (χ3v) is 3.94. The molecule has 1 amide bonds. The average molecular weight is 323 g/mol. The summed E-state index contributed by atoms with van der Waals surface area (Å²) in [7, 11) is 1.63. The predicted octanol–water partition coefficient (Wildman–Crippen LogP) is 2.79. The highest BCUT2D eigenvalue weighted by molar-refractivity contribution is 5.79. The minimum Gasteiger partial charge on any atom is -0.497 e. The molecule has 5 heteroatoms. The fourth-order valence-electron chi connectivity index (χ4n) is 2.65. The number of carbonyl (C=O) groups excluding carboxylic acids is 1. The molecule has 0 aliphatic heterocycles. The normalized spacial score (nSPS) is 10.7. The van der Waals surface area contributed by atoms with E-state index >= 15 is 0 Å². The molecule has 0 bridgehead atoms. The molecule has 5 nitrogen and oxygen atoms in total. The monoisotopic (exact) mass is 323 g/mol. The van der Waals surface area contributed by atoms with Gasteiger partial charge in [-0.1, -0.05) is 30.3 Å². The summed E-state index contributed by atoms with van der Waals surface area (Å²) in [4.78, 5) is 12.0. The highest BCUT2D eigenvalue weighted by Gasteiger charge is 2.04. The van der Waals surface area contributed by atoms with Crippen molar-refractivity contribution in [3.63, 3.8) is 0 Å². The van der Waals surface area contributed by atoms with Crippen molar-refractivity contribution in [3.05, 3.63) is 60.3 Å². The Morgan fingerprint density at radius 3 is 2.75 bits per heavy atom. The lowest BCUT2D eigenvalue weighted by Gasteiger charge is -2.07. The first-order valence-electron chi connectivity index (χ1n) is 8.06. The van der Waals surface area contributed by atoms with Crippen LogP contribution in [0.3, 0.4) is 0 Å². The summed E-state index contributed by atoms with van der Waals surface area (Å²) in [5.41, 5.74) is 2.11. The van der Waals surface area contributed by atoms with Crippen molar-refractivity contribution in [1.82, 2.24) is 15.1 Å². The fourth-order valence-corrected chi connectivity index (χ4v) is 2.65. The van der Waals surface area contributed by atoms with E-state index in [4.69, 9.17) is 4.74 Å². The molecule has 1 heterocycles. The van der Waals surface area contributed by atoms with Gasteiger partial charge in [-0.05, 0) is 30.2 Å². The quantitative estimate of drug-likeness (QED) is 0.680. The number of fused-ring (bicyclic) bond motifs is 1. The van der Waals surface area contributed by atoms with Crippen molar-refractivity contribution in [3.8, 4) is 5.75 Å². The van der Waals surface area contributed by atoms with E-state index in [9.17, 15) is 4.79 Å². The van der Waals surface area contributed by atoms with Gasteiger partial charge in [0.15, 0.2) is 0 Å². The van der Waals surface area contributed by atoms with Crippen molar-refractivity contribution >= 4 is 16.8 Å². The van der Waals surface area contributed by atoms with Gasteiger partial charge >= 0.3 is 0 Å². The highest BCUT2D eigenvalue weighted by atomic mass is 16.5.